The van der Waals surface area contributed by atoms with E-state index in [2.05, 4.69) is 0 Å². The molecule has 14 heteroatoms. The van der Waals surface area contributed by atoms with E-state index in [0.29, 0.717) is 6.42 Å². The van der Waals surface area contributed by atoms with E-state index < -0.39 is 84.5 Å². The van der Waals surface area contributed by atoms with Crippen molar-refractivity contribution in [3.05, 3.63) is 0 Å². The molecule has 0 aromatic heterocycles. The second-order valence-corrected chi connectivity index (χ2v) is 8.79. The maximum atomic E-state index is 12.4. The lowest BCUT2D eigenvalue weighted by atomic mass is 9.84. The number of carbonyl (C=O) groups excluding carboxylic acids is 3. The summed E-state index contributed by atoms with van der Waals surface area (Å²) in [4.78, 5) is 36.4. The van der Waals surface area contributed by atoms with Crippen molar-refractivity contribution in [3.8, 4) is 0 Å². The van der Waals surface area contributed by atoms with Gasteiger partial charge >= 0.3 is 17.9 Å². The molecule has 0 aromatic carbocycles. The van der Waals surface area contributed by atoms with Crippen molar-refractivity contribution in [2.45, 2.75) is 62.2 Å². The Hall–Kier alpha value is -1.58. The highest BCUT2D eigenvalue weighted by Gasteiger charge is 2.51. The summed E-state index contributed by atoms with van der Waals surface area (Å²) in [5.74, 6) is -4.53. The van der Waals surface area contributed by atoms with Gasteiger partial charge in [0.25, 0.3) is 0 Å². The number of hydrogen-bond acceptors (Lipinski definition) is 13. The molecule has 0 amide bonds. The molecule has 2 saturated heterocycles. The molecule has 0 saturated carbocycles. The van der Waals surface area contributed by atoms with E-state index in [4.69, 9.17) is 44.8 Å². The van der Waals surface area contributed by atoms with Crippen LogP contribution in [0.2, 0.25) is 0 Å². The molecule has 2 aliphatic heterocycles. The molecular weight excluding hydrogens is 508 g/mol. The summed E-state index contributed by atoms with van der Waals surface area (Å²) >= 11 is 5.52. The number of esters is 3. The SMILES string of the molecule is CC[C@H]1C(C(=O)OC)O[C@@H](COC[C@@H]2C(C(=O)OC)O[C@H](COC)C(OC(=O)CCl)[C@@H]2O)C(O)[C@@H]1O. The van der Waals surface area contributed by atoms with Crippen LogP contribution in [-0.4, -0.2) is 129 Å². The van der Waals surface area contributed by atoms with Gasteiger partial charge in [0, 0.05) is 18.9 Å². The Morgan fingerprint density at radius 3 is 1.92 bits per heavy atom. The average Bonchev–Trinajstić information content (AvgIpc) is 2.88. The highest BCUT2D eigenvalue weighted by Crippen LogP contribution is 2.32. The predicted octanol–water partition coefficient (Wildman–Crippen LogP) is -1.59. The van der Waals surface area contributed by atoms with Gasteiger partial charge in [0.2, 0.25) is 0 Å². The predicted molar refractivity (Wildman–Crippen MR) is 120 cm³/mol. The Labute approximate surface area is 213 Å². The first-order valence-electron chi connectivity index (χ1n) is 11.5. The molecule has 4 unspecified atom stereocenters. The molecule has 2 heterocycles. The Morgan fingerprint density at radius 2 is 1.39 bits per heavy atom. The maximum absolute atomic E-state index is 12.4. The van der Waals surface area contributed by atoms with Crippen LogP contribution in [0.15, 0.2) is 0 Å². The van der Waals surface area contributed by atoms with Crippen LogP contribution in [0.1, 0.15) is 13.3 Å². The van der Waals surface area contributed by atoms with Gasteiger partial charge in [0.15, 0.2) is 18.3 Å². The third-order valence-corrected chi connectivity index (χ3v) is 6.59. The van der Waals surface area contributed by atoms with Crippen LogP contribution < -0.4 is 0 Å². The van der Waals surface area contributed by atoms with Crippen molar-refractivity contribution in [2.75, 3.05) is 47.0 Å². The molecule has 2 rings (SSSR count). The summed E-state index contributed by atoms with van der Waals surface area (Å²) in [6.45, 7) is 0.996. The van der Waals surface area contributed by atoms with Crippen molar-refractivity contribution in [2.24, 2.45) is 11.8 Å². The molecule has 0 bridgehead atoms. The van der Waals surface area contributed by atoms with E-state index in [-0.39, 0.29) is 19.8 Å². The van der Waals surface area contributed by atoms with Crippen LogP contribution in [0.25, 0.3) is 0 Å². The zero-order chi connectivity index (χ0) is 27.0. The Morgan fingerprint density at radius 1 is 0.806 bits per heavy atom. The van der Waals surface area contributed by atoms with Crippen LogP contribution in [0.4, 0.5) is 0 Å². The number of rotatable bonds is 11. The monoisotopic (exact) mass is 542 g/mol. The lowest BCUT2D eigenvalue weighted by Gasteiger charge is -2.43. The van der Waals surface area contributed by atoms with Gasteiger partial charge < -0.3 is 48.5 Å². The molecule has 2 fully saturated rings. The zero-order valence-corrected chi connectivity index (χ0v) is 21.4. The molecule has 13 nitrogen and oxygen atoms in total. The van der Waals surface area contributed by atoms with Gasteiger partial charge in [-0.25, -0.2) is 9.59 Å². The van der Waals surface area contributed by atoms with Gasteiger partial charge in [-0.15, -0.1) is 11.6 Å². The van der Waals surface area contributed by atoms with Crippen LogP contribution in [0.5, 0.6) is 0 Å². The minimum atomic E-state index is -1.44. The lowest BCUT2D eigenvalue weighted by molar-refractivity contribution is -0.242. The molecular formula is C22H35ClO13. The summed E-state index contributed by atoms with van der Waals surface area (Å²) < 4.78 is 36.9. The van der Waals surface area contributed by atoms with Crippen molar-refractivity contribution in [1.82, 2.24) is 0 Å². The topological polar surface area (TPSA) is 177 Å². The lowest BCUT2D eigenvalue weighted by Crippen LogP contribution is -2.61. The van der Waals surface area contributed by atoms with Crippen molar-refractivity contribution in [3.63, 3.8) is 0 Å². The van der Waals surface area contributed by atoms with Gasteiger partial charge in [0.1, 0.15) is 30.3 Å². The van der Waals surface area contributed by atoms with E-state index in [0.717, 1.165) is 7.11 Å². The number of methoxy groups -OCH3 is 3. The first-order chi connectivity index (χ1) is 17.1. The number of alkyl halides is 1. The van der Waals surface area contributed by atoms with Gasteiger partial charge in [0.05, 0.1) is 40.1 Å². The van der Waals surface area contributed by atoms with E-state index in [1.165, 1.54) is 14.2 Å². The highest BCUT2D eigenvalue weighted by molar-refractivity contribution is 6.26. The molecule has 2 aliphatic rings. The van der Waals surface area contributed by atoms with E-state index in [1.54, 1.807) is 6.92 Å². The van der Waals surface area contributed by atoms with Gasteiger partial charge in [-0.3, -0.25) is 4.79 Å². The minimum Gasteiger partial charge on any atom is -0.467 e. The second-order valence-electron chi connectivity index (χ2n) is 8.53. The number of halogens is 1. The fourth-order valence-corrected chi connectivity index (χ4v) is 4.51. The van der Waals surface area contributed by atoms with Gasteiger partial charge in [-0.2, -0.15) is 0 Å². The number of carbonyl (C=O) groups is 3. The average molecular weight is 543 g/mol. The zero-order valence-electron chi connectivity index (χ0n) is 20.6. The quantitative estimate of drug-likeness (QED) is 0.155. The Bertz CT molecular complexity index is 737. The van der Waals surface area contributed by atoms with Crippen molar-refractivity contribution >= 4 is 29.5 Å². The summed E-state index contributed by atoms with van der Waals surface area (Å²) in [5, 5.41) is 32.0. The smallest absolute Gasteiger partial charge is 0.335 e. The van der Waals surface area contributed by atoms with Crippen molar-refractivity contribution in [1.29, 1.82) is 0 Å². The van der Waals surface area contributed by atoms with E-state index in [9.17, 15) is 29.7 Å². The number of aliphatic hydroxyl groups is 3. The number of aliphatic hydroxyl groups excluding tert-OH is 3. The summed E-state index contributed by atoms with van der Waals surface area (Å²) in [6.07, 6.45) is -9.49. The van der Waals surface area contributed by atoms with E-state index >= 15 is 0 Å². The maximum Gasteiger partial charge on any atom is 0.335 e. The third kappa shape index (κ3) is 7.04. The molecule has 208 valence electrons. The molecule has 0 radical (unpaired) electrons. The Balaban J connectivity index is 2.16. The summed E-state index contributed by atoms with van der Waals surface area (Å²) in [7, 11) is 3.70. The number of hydrogen-bond donors (Lipinski definition) is 3. The normalized spacial score (nSPS) is 36.7. The van der Waals surface area contributed by atoms with Crippen molar-refractivity contribution < 1.29 is 62.9 Å². The first-order valence-corrected chi connectivity index (χ1v) is 12.0. The summed E-state index contributed by atoms with van der Waals surface area (Å²) in [6, 6.07) is 0. The summed E-state index contributed by atoms with van der Waals surface area (Å²) in [5.41, 5.74) is 0. The minimum absolute atomic E-state index is 0.105. The van der Waals surface area contributed by atoms with Gasteiger partial charge in [-0.05, 0) is 6.42 Å². The molecule has 10 atom stereocenters. The fraction of sp³-hybridized carbons (Fsp3) is 0.864. The Kier molecular flexibility index (Phi) is 12.2. The van der Waals surface area contributed by atoms with E-state index in [1.807, 2.05) is 0 Å². The van der Waals surface area contributed by atoms with Crippen LogP contribution in [-0.2, 0) is 47.5 Å². The molecule has 0 aliphatic carbocycles. The fourth-order valence-electron chi connectivity index (χ4n) is 4.45. The molecule has 3 N–H and O–H groups in total. The van der Waals surface area contributed by atoms with Crippen LogP contribution in [0.3, 0.4) is 0 Å². The highest BCUT2D eigenvalue weighted by atomic mass is 35.5. The van der Waals surface area contributed by atoms with Crippen LogP contribution >= 0.6 is 11.6 Å². The molecule has 0 spiro atoms. The second kappa shape index (κ2) is 14.4. The molecule has 0 aromatic rings. The third-order valence-electron chi connectivity index (χ3n) is 6.37. The standard InChI is InChI=1S/C22H35ClO13/c1-5-10-15(25)17(27)12(34-18(10)21(28)31-3)9-33-7-11-16(26)20(36-14(24)6-23)13(8-30-2)35-19(11)22(29)32-4/h10-13,15-20,25-27H,5-9H2,1-4H3/t10-,11+,12+,13-,15-,16-,17?,18?,19?,20?/m1/s1. The van der Waals surface area contributed by atoms with Gasteiger partial charge in [-0.1, -0.05) is 6.92 Å². The molecule has 36 heavy (non-hydrogen) atoms. The van der Waals surface area contributed by atoms with Crippen LogP contribution in [0, 0.1) is 11.8 Å². The first kappa shape index (κ1) is 30.6. The number of ether oxygens (including phenoxy) is 7. The largest absolute Gasteiger partial charge is 0.467 e.